The zero-order valence-electron chi connectivity index (χ0n) is 15.8. The summed E-state index contributed by atoms with van der Waals surface area (Å²) in [6, 6.07) is 9.58. The van der Waals surface area contributed by atoms with E-state index in [1.807, 2.05) is 0 Å². The minimum Gasteiger partial charge on any atom is -0.454 e. The van der Waals surface area contributed by atoms with Crippen LogP contribution in [-0.2, 0) is 22.5 Å². The lowest BCUT2D eigenvalue weighted by Crippen LogP contribution is -2.22. The Morgan fingerprint density at radius 1 is 1.13 bits per heavy atom. The van der Waals surface area contributed by atoms with Crippen LogP contribution in [0, 0.1) is 0 Å². The summed E-state index contributed by atoms with van der Waals surface area (Å²) >= 11 is 0. The number of fused-ring (bicyclic) bond motifs is 3. The summed E-state index contributed by atoms with van der Waals surface area (Å²) in [6.45, 7) is 0.352. The van der Waals surface area contributed by atoms with Crippen molar-refractivity contribution in [2.75, 3.05) is 18.7 Å². The number of ether oxygens (including phenoxy) is 3. The van der Waals surface area contributed by atoms with Crippen molar-refractivity contribution in [2.24, 2.45) is 0 Å². The SMILES string of the molecule is O=C(COC(=O)c1ccc2c(=O)n3c(nc2c1)CCC3)Nc1ccc2c(c1)OCO2. The Labute approximate surface area is 170 Å². The van der Waals surface area contributed by atoms with Crippen LogP contribution in [0.25, 0.3) is 10.9 Å². The van der Waals surface area contributed by atoms with E-state index in [1.165, 1.54) is 12.1 Å². The predicted molar refractivity (Wildman–Crippen MR) is 106 cm³/mol. The highest BCUT2D eigenvalue weighted by Crippen LogP contribution is 2.34. The lowest BCUT2D eigenvalue weighted by Gasteiger charge is -2.08. The van der Waals surface area contributed by atoms with Crippen LogP contribution in [0.1, 0.15) is 22.6 Å². The number of anilines is 1. The van der Waals surface area contributed by atoms with Crippen LogP contribution in [0.15, 0.2) is 41.2 Å². The van der Waals surface area contributed by atoms with Gasteiger partial charge in [0.25, 0.3) is 11.5 Å². The van der Waals surface area contributed by atoms with Gasteiger partial charge in [-0.25, -0.2) is 9.78 Å². The summed E-state index contributed by atoms with van der Waals surface area (Å²) < 4.78 is 17.3. The largest absolute Gasteiger partial charge is 0.454 e. The number of carbonyl (C=O) groups is 2. The Morgan fingerprint density at radius 3 is 2.90 bits per heavy atom. The molecule has 0 saturated carbocycles. The molecule has 3 aromatic rings. The molecule has 1 N–H and O–H groups in total. The first-order chi connectivity index (χ1) is 14.6. The van der Waals surface area contributed by atoms with Gasteiger partial charge in [0.1, 0.15) is 5.82 Å². The van der Waals surface area contributed by atoms with E-state index >= 15 is 0 Å². The molecule has 5 rings (SSSR count). The maximum Gasteiger partial charge on any atom is 0.338 e. The molecule has 0 aliphatic carbocycles. The van der Waals surface area contributed by atoms with Gasteiger partial charge in [0.05, 0.1) is 16.5 Å². The first-order valence-corrected chi connectivity index (χ1v) is 9.48. The van der Waals surface area contributed by atoms with Gasteiger partial charge in [0, 0.05) is 24.7 Å². The van der Waals surface area contributed by atoms with Crippen molar-refractivity contribution in [1.29, 1.82) is 0 Å². The maximum atomic E-state index is 12.5. The molecule has 9 heteroatoms. The molecule has 0 fully saturated rings. The second-order valence-electron chi connectivity index (χ2n) is 7.01. The normalized spacial score (nSPS) is 13.9. The Hall–Kier alpha value is -3.88. The highest BCUT2D eigenvalue weighted by molar-refractivity contribution is 5.97. The van der Waals surface area contributed by atoms with Crippen LogP contribution in [0.2, 0.25) is 0 Å². The van der Waals surface area contributed by atoms with Crippen LogP contribution >= 0.6 is 0 Å². The Bertz CT molecular complexity index is 1250. The molecule has 2 aliphatic heterocycles. The summed E-state index contributed by atoms with van der Waals surface area (Å²) in [5.41, 5.74) is 1.08. The third-order valence-electron chi connectivity index (χ3n) is 5.04. The number of rotatable bonds is 4. The Kier molecular flexibility index (Phi) is 4.35. The molecule has 0 spiro atoms. The van der Waals surface area contributed by atoms with Crippen LogP contribution in [0.3, 0.4) is 0 Å². The van der Waals surface area contributed by atoms with Gasteiger partial charge in [-0.1, -0.05) is 0 Å². The molecule has 152 valence electrons. The van der Waals surface area contributed by atoms with Gasteiger partial charge in [-0.15, -0.1) is 0 Å². The first-order valence-electron chi connectivity index (χ1n) is 9.48. The average molecular weight is 407 g/mol. The summed E-state index contributed by atoms with van der Waals surface area (Å²) in [5.74, 6) is 0.712. The van der Waals surface area contributed by atoms with Gasteiger partial charge < -0.3 is 19.5 Å². The smallest absolute Gasteiger partial charge is 0.338 e. The predicted octanol–water partition coefficient (Wildman–Crippen LogP) is 1.87. The van der Waals surface area contributed by atoms with Crippen LogP contribution in [0.5, 0.6) is 11.5 Å². The lowest BCUT2D eigenvalue weighted by atomic mass is 10.1. The van der Waals surface area contributed by atoms with Gasteiger partial charge in [0.15, 0.2) is 18.1 Å². The van der Waals surface area contributed by atoms with Crippen LogP contribution in [0.4, 0.5) is 5.69 Å². The Morgan fingerprint density at radius 2 is 2.00 bits per heavy atom. The maximum absolute atomic E-state index is 12.5. The van der Waals surface area contributed by atoms with Crippen molar-refractivity contribution in [3.05, 3.63) is 58.1 Å². The van der Waals surface area contributed by atoms with Crippen molar-refractivity contribution in [3.63, 3.8) is 0 Å². The number of benzene rings is 2. The van der Waals surface area contributed by atoms with Crippen molar-refractivity contribution < 1.29 is 23.8 Å². The molecular formula is C21H17N3O6. The standard InChI is InChI=1S/C21H17N3O6/c25-19(22-13-4-6-16-17(9-13)30-11-29-16)10-28-21(27)12-3-5-14-15(8-12)23-18-2-1-7-24(18)20(14)26/h3-6,8-9H,1-2,7,10-11H2,(H,22,25). The fourth-order valence-corrected chi connectivity index (χ4v) is 3.60. The average Bonchev–Trinajstić information content (AvgIpc) is 3.40. The number of aromatic nitrogens is 2. The first kappa shape index (κ1) is 18.2. The van der Waals surface area contributed by atoms with Crippen LogP contribution < -0.4 is 20.3 Å². The van der Waals surface area contributed by atoms with E-state index in [-0.39, 0.29) is 17.9 Å². The van der Waals surface area contributed by atoms with Gasteiger partial charge >= 0.3 is 5.97 Å². The van der Waals surface area contributed by atoms with E-state index in [4.69, 9.17) is 14.2 Å². The number of esters is 1. The highest BCUT2D eigenvalue weighted by atomic mass is 16.7. The fraction of sp³-hybridized carbons (Fsp3) is 0.238. The second kappa shape index (κ2) is 7.18. The summed E-state index contributed by atoms with van der Waals surface area (Å²) in [4.78, 5) is 41.5. The number of nitrogens with one attached hydrogen (secondary N) is 1. The molecule has 0 unspecified atom stereocenters. The number of carbonyl (C=O) groups excluding carboxylic acids is 2. The number of hydrogen-bond donors (Lipinski definition) is 1. The van der Waals surface area contributed by atoms with Gasteiger partial charge in [-0.3, -0.25) is 14.2 Å². The number of amides is 1. The zero-order chi connectivity index (χ0) is 20.7. The minimum atomic E-state index is -0.667. The molecule has 2 aromatic carbocycles. The number of aryl methyl sites for hydroxylation is 1. The highest BCUT2D eigenvalue weighted by Gasteiger charge is 2.18. The number of hydrogen-bond acceptors (Lipinski definition) is 7. The monoisotopic (exact) mass is 407 g/mol. The van der Waals surface area contributed by atoms with E-state index in [2.05, 4.69) is 10.3 Å². The molecule has 9 nitrogen and oxygen atoms in total. The lowest BCUT2D eigenvalue weighted by molar-refractivity contribution is -0.119. The molecule has 3 heterocycles. The summed E-state index contributed by atoms with van der Waals surface area (Å²) in [6.07, 6.45) is 1.62. The van der Waals surface area contributed by atoms with Crippen molar-refractivity contribution in [3.8, 4) is 11.5 Å². The quantitative estimate of drug-likeness (QED) is 0.658. The van der Waals surface area contributed by atoms with Crippen molar-refractivity contribution in [2.45, 2.75) is 19.4 Å². The van der Waals surface area contributed by atoms with E-state index in [9.17, 15) is 14.4 Å². The summed E-state index contributed by atoms with van der Waals surface area (Å²) in [7, 11) is 0. The number of nitrogens with zero attached hydrogens (tertiary/aromatic N) is 2. The van der Waals surface area contributed by atoms with E-state index in [0.717, 1.165) is 18.7 Å². The molecule has 0 saturated heterocycles. The van der Waals surface area contributed by atoms with Crippen molar-refractivity contribution >= 4 is 28.5 Å². The second-order valence-corrected chi connectivity index (χ2v) is 7.01. The third-order valence-corrected chi connectivity index (χ3v) is 5.04. The minimum absolute atomic E-state index is 0.101. The summed E-state index contributed by atoms with van der Waals surface area (Å²) in [5, 5.41) is 3.09. The zero-order valence-corrected chi connectivity index (χ0v) is 15.8. The topological polar surface area (TPSA) is 109 Å². The van der Waals surface area contributed by atoms with E-state index < -0.39 is 18.5 Å². The van der Waals surface area contributed by atoms with Gasteiger partial charge in [-0.2, -0.15) is 0 Å². The fourth-order valence-electron chi connectivity index (χ4n) is 3.60. The Balaban J connectivity index is 1.26. The molecule has 1 amide bonds. The van der Waals surface area contributed by atoms with Gasteiger partial charge in [0.2, 0.25) is 6.79 Å². The van der Waals surface area contributed by atoms with Gasteiger partial charge in [-0.05, 0) is 36.8 Å². The molecule has 0 bridgehead atoms. The molecule has 30 heavy (non-hydrogen) atoms. The van der Waals surface area contributed by atoms with Crippen molar-refractivity contribution in [1.82, 2.24) is 9.55 Å². The molecular weight excluding hydrogens is 390 g/mol. The molecule has 2 aliphatic rings. The molecule has 0 atom stereocenters. The van der Waals surface area contributed by atoms with E-state index in [1.54, 1.807) is 28.8 Å². The molecule has 0 radical (unpaired) electrons. The molecule has 1 aromatic heterocycles. The van der Waals surface area contributed by atoms with E-state index in [0.29, 0.717) is 34.6 Å². The van der Waals surface area contributed by atoms with Crippen LogP contribution in [-0.4, -0.2) is 34.8 Å². The third kappa shape index (κ3) is 3.24.